The summed E-state index contributed by atoms with van der Waals surface area (Å²) < 4.78 is 16.9. The van der Waals surface area contributed by atoms with E-state index in [1.54, 1.807) is 0 Å². The number of pyridine rings is 1. The van der Waals surface area contributed by atoms with Crippen LogP contribution in [0.25, 0.3) is 21.6 Å². The Bertz CT molecular complexity index is 1080. The number of rotatable bonds is 3. The van der Waals surface area contributed by atoms with Crippen LogP contribution in [-0.2, 0) is 0 Å². The minimum absolute atomic E-state index is 0.212. The molecule has 2 aromatic heterocycles. The van der Waals surface area contributed by atoms with E-state index >= 15 is 0 Å². The summed E-state index contributed by atoms with van der Waals surface area (Å²) in [4.78, 5) is 14.8. The Morgan fingerprint density at radius 3 is 2.63 bits per heavy atom. The van der Waals surface area contributed by atoms with Gasteiger partial charge in [0.25, 0.3) is 0 Å². The van der Waals surface area contributed by atoms with E-state index in [2.05, 4.69) is 20.1 Å². The van der Waals surface area contributed by atoms with E-state index in [1.807, 2.05) is 11.0 Å². The molecule has 0 unspecified atom stereocenters. The van der Waals surface area contributed by atoms with E-state index in [0.29, 0.717) is 26.9 Å². The Labute approximate surface area is 158 Å². The van der Waals surface area contributed by atoms with E-state index < -0.39 is 0 Å². The SMILES string of the molecule is Nc1nnc(-c2cc(=O)c3cc(F)c(N4CCNCC4)cc3n2C2CC2)s1. The molecule has 1 aliphatic heterocycles. The molecule has 0 spiro atoms. The molecule has 2 fully saturated rings. The van der Waals surface area contributed by atoms with Crippen molar-refractivity contribution in [3.8, 4) is 10.7 Å². The molecule has 7 nitrogen and oxygen atoms in total. The van der Waals surface area contributed by atoms with Gasteiger partial charge in [0.2, 0.25) is 5.13 Å². The van der Waals surface area contributed by atoms with Crippen LogP contribution in [0, 0.1) is 5.82 Å². The standard InChI is InChI=1S/C18H19FN6OS/c19-12-7-11-13(8-14(12)24-5-3-21-4-6-24)25(10-1-2-10)15(9-16(11)26)17-22-23-18(20)27-17/h7-10,21H,1-6H2,(H2,20,23). The Hall–Kier alpha value is -2.52. The quantitative estimate of drug-likeness (QED) is 0.716. The summed E-state index contributed by atoms with van der Waals surface area (Å²) in [6, 6.07) is 5.02. The number of nitrogens with two attached hydrogens (primary N) is 1. The van der Waals surface area contributed by atoms with Crippen molar-refractivity contribution < 1.29 is 4.39 Å². The van der Waals surface area contributed by atoms with Gasteiger partial charge in [-0.25, -0.2) is 4.39 Å². The first kappa shape index (κ1) is 16.6. The average molecular weight is 386 g/mol. The number of aromatic nitrogens is 3. The lowest BCUT2D eigenvalue weighted by Gasteiger charge is -2.30. The highest BCUT2D eigenvalue weighted by Crippen LogP contribution is 2.42. The zero-order chi connectivity index (χ0) is 18.5. The molecule has 9 heteroatoms. The van der Waals surface area contributed by atoms with Gasteiger partial charge in [0.1, 0.15) is 5.82 Å². The number of hydrogen-bond acceptors (Lipinski definition) is 7. The molecule has 0 amide bonds. The van der Waals surface area contributed by atoms with Crippen molar-refractivity contribution in [3.05, 3.63) is 34.2 Å². The molecule has 27 heavy (non-hydrogen) atoms. The van der Waals surface area contributed by atoms with Crippen LogP contribution >= 0.6 is 11.3 Å². The number of piperazine rings is 1. The summed E-state index contributed by atoms with van der Waals surface area (Å²) in [5, 5.41) is 12.7. The average Bonchev–Trinajstić information content (AvgIpc) is 3.42. The molecule has 3 N–H and O–H groups in total. The maximum absolute atomic E-state index is 14.8. The largest absolute Gasteiger partial charge is 0.374 e. The summed E-state index contributed by atoms with van der Waals surface area (Å²) in [5.41, 5.74) is 7.55. The van der Waals surface area contributed by atoms with Crippen LogP contribution < -0.4 is 21.4 Å². The Kier molecular flexibility index (Phi) is 3.87. The predicted octanol–water partition coefficient (Wildman–Crippen LogP) is 1.99. The first-order valence-corrected chi connectivity index (χ1v) is 9.87. The van der Waals surface area contributed by atoms with Gasteiger partial charge < -0.3 is 20.5 Å². The molecule has 0 atom stereocenters. The van der Waals surface area contributed by atoms with E-state index in [0.717, 1.165) is 44.5 Å². The molecule has 3 heterocycles. The van der Waals surface area contributed by atoms with Crippen molar-refractivity contribution in [3.63, 3.8) is 0 Å². The third-order valence-corrected chi connectivity index (χ3v) is 5.92. The maximum atomic E-state index is 14.8. The summed E-state index contributed by atoms with van der Waals surface area (Å²) in [5.74, 6) is -0.350. The van der Waals surface area contributed by atoms with Gasteiger partial charge in [0.15, 0.2) is 10.4 Å². The fraction of sp³-hybridized carbons (Fsp3) is 0.389. The lowest BCUT2D eigenvalue weighted by Crippen LogP contribution is -2.43. The second kappa shape index (κ2) is 6.28. The van der Waals surface area contributed by atoms with Crippen molar-refractivity contribution in [2.24, 2.45) is 0 Å². The van der Waals surface area contributed by atoms with Gasteiger partial charge in [-0.05, 0) is 25.0 Å². The molecular weight excluding hydrogens is 367 g/mol. The van der Waals surface area contributed by atoms with Crippen molar-refractivity contribution in [2.75, 3.05) is 36.8 Å². The van der Waals surface area contributed by atoms with Crippen molar-refractivity contribution in [1.82, 2.24) is 20.1 Å². The monoisotopic (exact) mass is 386 g/mol. The van der Waals surface area contributed by atoms with E-state index in [-0.39, 0.29) is 17.3 Å². The highest BCUT2D eigenvalue weighted by molar-refractivity contribution is 7.18. The Balaban J connectivity index is 1.76. The molecule has 0 radical (unpaired) electrons. The lowest BCUT2D eigenvalue weighted by atomic mass is 10.1. The zero-order valence-corrected chi connectivity index (χ0v) is 15.4. The fourth-order valence-electron chi connectivity index (χ4n) is 3.73. The van der Waals surface area contributed by atoms with Gasteiger partial charge in [-0.15, -0.1) is 10.2 Å². The maximum Gasteiger partial charge on any atom is 0.203 e. The molecule has 5 rings (SSSR count). The molecule has 1 aromatic carbocycles. The number of benzene rings is 1. The zero-order valence-electron chi connectivity index (χ0n) is 14.6. The van der Waals surface area contributed by atoms with Crippen molar-refractivity contribution in [1.29, 1.82) is 0 Å². The van der Waals surface area contributed by atoms with E-state index in [4.69, 9.17) is 5.73 Å². The fourth-order valence-corrected chi connectivity index (χ4v) is 4.35. The number of anilines is 2. The number of nitrogens with one attached hydrogen (secondary N) is 1. The highest BCUT2D eigenvalue weighted by atomic mass is 32.1. The van der Waals surface area contributed by atoms with Gasteiger partial charge in [-0.3, -0.25) is 4.79 Å². The topological polar surface area (TPSA) is 89.1 Å². The molecule has 1 saturated heterocycles. The molecule has 2 aliphatic rings. The summed E-state index contributed by atoms with van der Waals surface area (Å²) in [6.45, 7) is 3.11. The van der Waals surface area contributed by atoms with Gasteiger partial charge in [0.05, 0.1) is 16.9 Å². The molecule has 0 bridgehead atoms. The van der Waals surface area contributed by atoms with E-state index in [1.165, 1.54) is 23.5 Å². The number of hydrogen-bond donors (Lipinski definition) is 2. The normalized spacial score (nSPS) is 17.6. The Morgan fingerprint density at radius 2 is 1.96 bits per heavy atom. The van der Waals surface area contributed by atoms with Crippen LogP contribution in [0.3, 0.4) is 0 Å². The molecule has 3 aromatic rings. The van der Waals surface area contributed by atoms with Crippen LogP contribution in [0.15, 0.2) is 23.0 Å². The van der Waals surface area contributed by atoms with Crippen molar-refractivity contribution in [2.45, 2.75) is 18.9 Å². The van der Waals surface area contributed by atoms with Crippen LogP contribution in [0.1, 0.15) is 18.9 Å². The van der Waals surface area contributed by atoms with Crippen LogP contribution in [0.2, 0.25) is 0 Å². The van der Waals surface area contributed by atoms with Gasteiger partial charge in [0, 0.05) is 43.7 Å². The second-order valence-corrected chi connectivity index (χ2v) is 8.01. The Morgan fingerprint density at radius 1 is 1.19 bits per heavy atom. The van der Waals surface area contributed by atoms with Gasteiger partial charge in [-0.2, -0.15) is 0 Å². The van der Waals surface area contributed by atoms with E-state index in [9.17, 15) is 9.18 Å². The minimum atomic E-state index is -0.350. The van der Waals surface area contributed by atoms with Crippen LogP contribution in [0.5, 0.6) is 0 Å². The van der Waals surface area contributed by atoms with Crippen LogP contribution in [-0.4, -0.2) is 40.9 Å². The van der Waals surface area contributed by atoms with Gasteiger partial charge in [-0.1, -0.05) is 11.3 Å². The lowest BCUT2D eigenvalue weighted by molar-refractivity contribution is 0.567. The van der Waals surface area contributed by atoms with Crippen LogP contribution in [0.4, 0.5) is 15.2 Å². The third kappa shape index (κ3) is 2.87. The number of nitrogen functional groups attached to an aromatic ring is 1. The minimum Gasteiger partial charge on any atom is -0.374 e. The molecule has 1 saturated carbocycles. The molecular formula is C18H19FN6OS. The smallest absolute Gasteiger partial charge is 0.203 e. The molecule has 1 aliphatic carbocycles. The number of fused-ring (bicyclic) bond motifs is 1. The first-order chi connectivity index (χ1) is 13.1. The molecule has 140 valence electrons. The third-order valence-electron chi connectivity index (χ3n) is 5.15. The summed E-state index contributed by atoms with van der Waals surface area (Å²) >= 11 is 1.26. The number of halogens is 1. The summed E-state index contributed by atoms with van der Waals surface area (Å²) in [6.07, 6.45) is 2.05. The second-order valence-electron chi connectivity index (χ2n) is 7.00. The summed E-state index contributed by atoms with van der Waals surface area (Å²) in [7, 11) is 0. The number of nitrogens with zero attached hydrogens (tertiary/aromatic N) is 4. The highest BCUT2D eigenvalue weighted by Gasteiger charge is 2.29. The van der Waals surface area contributed by atoms with Crippen molar-refractivity contribution >= 4 is 33.1 Å². The first-order valence-electron chi connectivity index (χ1n) is 9.05. The predicted molar refractivity (Wildman–Crippen MR) is 105 cm³/mol. The van der Waals surface area contributed by atoms with Gasteiger partial charge >= 0.3 is 0 Å².